The van der Waals surface area contributed by atoms with Crippen molar-refractivity contribution in [3.63, 3.8) is 0 Å². The van der Waals surface area contributed by atoms with Crippen molar-refractivity contribution in [1.82, 2.24) is 14.9 Å². The molecule has 1 aromatic rings. The van der Waals surface area contributed by atoms with Crippen molar-refractivity contribution in [1.29, 1.82) is 0 Å². The Kier molecular flexibility index (Phi) is 3.93. The summed E-state index contributed by atoms with van der Waals surface area (Å²) in [7, 11) is 0. The SMILES string of the molecule is CC(Nc1cc(Br)ncn1)C(=O)N1CCCC1. The van der Waals surface area contributed by atoms with E-state index < -0.39 is 0 Å². The second kappa shape index (κ2) is 5.44. The highest BCUT2D eigenvalue weighted by Crippen LogP contribution is 2.13. The second-order valence-electron chi connectivity index (χ2n) is 4.12. The molecule has 1 aromatic heterocycles. The lowest BCUT2D eigenvalue weighted by Gasteiger charge is -2.21. The lowest BCUT2D eigenvalue weighted by molar-refractivity contribution is -0.130. The third-order valence-electron chi connectivity index (χ3n) is 2.79. The van der Waals surface area contributed by atoms with Crippen molar-refractivity contribution < 1.29 is 4.79 Å². The zero-order valence-corrected chi connectivity index (χ0v) is 11.3. The number of likely N-dealkylation sites (tertiary alicyclic amines) is 1. The van der Waals surface area contributed by atoms with Gasteiger partial charge in [0.15, 0.2) is 0 Å². The van der Waals surface area contributed by atoms with Crippen LogP contribution in [0.5, 0.6) is 0 Å². The smallest absolute Gasteiger partial charge is 0.244 e. The predicted octanol–water partition coefficient (Wildman–Crippen LogP) is 1.66. The molecular formula is C11H15BrN4O. The minimum atomic E-state index is -0.255. The summed E-state index contributed by atoms with van der Waals surface area (Å²) >= 11 is 3.27. The third-order valence-corrected chi connectivity index (χ3v) is 3.22. The maximum atomic E-state index is 12.0. The van der Waals surface area contributed by atoms with Gasteiger partial charge in [-0.05, 0) is 35.7 Å². The number of anilines is 1. The van der Waals surface area contributed by atoms with Crippen molar-refractivity contribution in [3.8, 4) is 0 Å². The molecule has 1 atom stereocenters. The van der Waals surface area contributed by atoms with Gasteiger partial charge in [0.25, 0.3) is 0 Å². The number of carbonyl (C=O) groups excluding carboxylic acids is 1. The minimum absolute atomic E-state index is 0.136. The molecule has 1 saturated heterocycles. The number of aromatic nitrogens is 2. The number of halogens is 1. The van der Waals surface area contributed by atoms with E-state index in [4.69, 9.17) is 0 Å². The highest BCUT2D eigenvalue weighted by Gasteiger charge is 2.23. The van der Waals surface area contributed by atoms with Crippen LogP contribution in [0, 0.1) is 0 Å². The lowest BCUT2D eigenvalue weighted by atomic mass is 10.3. The first-order valence-corrected chi connectivity index (χ1v) is 6.49. The number of rotatable bonds is 3. The van der Waals surface area contributed by atoms with Gasteiger partial charge in [-0.1, -0.05) is 0 Å². The van der Waals surface area contributed by atoms with E-state index in [1.54, 1.807) is 6.07 Å². The Bertz CT molecular complexity index is 406. The summed E-state index contributed by atoms with van der Waals surface area (Å²) in [6.45, 7) is 3.60. The molecule has 5 nitrogen and oxygen atoms in total. The van der Waals surface area contributed by atoms with E-state index in [1.807, 2.05) is 11.8 Å². The van der Waals surface area contributed by atoms with Crippen LogP contribution < -0.4 is 5.32 Å². The summed E-state index contributed by atoms with van der Waals surface area (Å²) in [6, 6.07) is 1.50. The molecule has 1 fully saturated rings. The van der Waals surface area contributed by atoms with E-state index in [0.717, 1.165) is 25.9 Å². The average molecular weight is 299 g/mol. The molecule has 0 aromatic carbocycles. The quantitative estimate of drug-likeness (QED) is 0.862. The first kappa shape index (κ1) is 12.3. The second-order valence-corrected chi connectivity index (χ2v) is 4.94. The van der Waals surface area contributed by atoms with Crippen LogP contribution in [0.15, 0.2) is 17.0 Å². The predicted molar refractivity (Wildman–Crippen MR) is 68.6 cm³/mol. The van der Waals surface area contributed by atoms with Gasteiger partial charge in [-0.3, -0.25) is 4.79 Å². The summed E-state index contributed by atoms with van der Waals surface area (Å²) in [5.41, 5.74) is 0. The summed E-state index contributed by atoms with van der Waals surface area (Å²) in [5.74, 6) is 0.796. The van der Waals surface area contributed by atoms with Gasteiger partial charge in [0.2, 0.25) is 5.91 Å². The molecule has 1 amide bonds. The van der Waals surface area contributed by atoms with Crippen LogP contribution >= 0.6 is 15.9 Å². The number of nitrogens with one attached hydrogen (secondary N) is 1. The first-order chi connectivity index (χ1) is 8.16. The summed E-state index contributed by atoms with van der Waals surface area (Å²) in [4.78, 5) is 21.9. The van der Waals surface area contributed by atoms with Gasteiger partial charge in [0, 0.05) is 19.2 Å². The number of hydrogen-bond acceptors (Lipinski definition) is 4. The molecule has 0 radical (unpaired) electrons. The van der Waals surface area contributed by atoms with Crippen molar-refractivity contribution in [2.24, 2.45) is 0 Å². The maximum absolute atomic E-state index is 12.0. The topological polar surface area (TPSA) is 58.1 Å². The molecule has 1 aliphatic rings. The van der Waals surface area contributed by atoms with Crippen LogP contribution in [0.3, 0.4) is 0 Å². The molecule has 17 heavy (non-hydrogen) atoms. The molecule has 2 rings (SSSR count). The highest BCUT2D eigenvalue weighted by atomic mass is 79.9. The normalized spacial score (nSPS) is 16.9. The Morgan fingerprint density at radius 1 is 1.47 bits per heavy atom. The van der Waals surface area contributed by atoms with Gasteiger partial charge < -0.3 is 10.2 Å². The molecular weight excluding hydrogens is 284 g/mol. The van der Waals surface area contributed by atoms with E-state index >= 15 is 0 Å². The van der Waals surface area contributed by atoms with E-state index in [0.29, 0.717) is 10.4 Å². The highest BCUT2D eigenvalue weighted by molar-refractivity contribution is 9.10. The third kappa shape index (κ3) is 3.15. The fraction of sp³-hybridized carbons (Fsp3) is 0.545. The number of nitrogens with zero attached hydrogens (tertiary/aromatic N) is 3. The Labute approximate surface area is 109 Å². The van der Waals surface area contributed by atoms with Crippen molar-refractivity contribution in [2.45, 2.75) is 25.8 Å². The number of amides is 1. The molecule has 1 aliphatic heterocycles. The van der Waals surface area contributed by atoms with E-state index in [2.05, 4.69) is 31.2 Å². The van der Waals surface area contributed by atoms with E-state index in [1.165, 1.54) is 6.33 Å². The van der Waals surface area contributed by atoms with Gasteiger partial charge in [0.1, 0.15) is 22.8 Å². The van der Waals surface area contributed by atoms with Gasteiger partial charge in [-0.25, -0.2) is 9.97 Å². The Hall–Kier alpha value is -1.17. The molecule has 0 saturated carbocycles. The number of carbonyl (C=O) groups is 1. The summed E-state index contributed by atoms with van der Waals surface area (Å²) < 4.78 is 0.704. The van der Waals surface area contributed by atoms with Gasteiger partial charge in [-0.15, -0.1) is 0 Å². The Morgan fingerprint density at radius 2 is 2.18 bits per heavy atom. The minimum Gasteiger partial charge on any atom is -0.358 e. The Balaban J connectivity index is 1.96. The zero-order chi connectivity index (χ0) is 12.3. The molecule has 92 valence electrons. The van der Waals surface area contributed by atoms with Gasteiger partial charge in [-0.2, -0.15) is 0 Å². The molecule has 2 heterocycles. The molecule has 1 unspecified atom stereocenters. The zero-order valence-electron chi connectivity index (χ0n) is 9.69. The van der Waals surface area contributed by atoms with Crippen molar-refractivity contribution >= 4 is 27.7 Å². The van der Waals surface area contributed by atoms with E-state index in [-0.39, 0.29) is 11.9 Å². The molecule has 6 heteroatoms. The van der Waals surface area contributed by atoms with Crippen LogP contribution in [0.25, 0.3) is 0 Å². The monoisotopic (exact) mass is 298 g/mol. The van der Waals surface area contributed by atoms with Crippen LogP contribution in [0.1, 0.15) is 19.8 Å². The van der Waals surface area contributed by atoms with Crippen molar-refractivity contribution in [3.05, 3.63) is 17.0 Å². The van der Waals surface area contributed by atoms with E-state index in [9.17, 15) is 4.79 Å². The summed E-state index contributed by atoms with van der Waals surface area (Å²) in [5, 5.41) is 3.09. The van der Waals surface area contributed by atoms with Gasteiger partial charge in [0.05, 0.1) is 0 Å². The van der Waals surface area contributed by atoms with Crippen LogP contribution in [-0.4, -0.2) is 39.9 Å². The Morgan fingerprint density at radius 3 is 2.82 bits per heavy atom. The number of hydrogen-bond donors (Lipinski definition) is 1. The molecule has 0 bridgehead atoms. The fourth-order valence-electron chi connectivity index (χ4n) is 1.91. The largest absolute Gasteiger partial charge is 0.358 e. The van der Waals surface area contributed by atoms with Gasteiger partial charge >= 0.3 is 0 Å². The van der Waals surface area contributed by atoms with Crippen LogP contribution in [-0.2, 0) is 4.79 Å². The molecule has 0 spiro atoms. The first-order valence-electron chi connectivity index (χ1n) is 5.69. The van der Waals surface area contributed by atoms with Crippen molar-refractivity contribution in [2.75, 3.05) is 18.4 Å². The summed E-state index contributed by atoms with van der Waals surface area (Å²) in [6.07, 6.45) is 3.68. The fourth-order valence-corrected chi connectivity index (χ4v) is 2.22. The lowest BCUT2D eigenvalue weighted by Crippen LogP contribution is -2.39. The molecule has 1 N–H and O–H groups in total. The average Bonchev–Trinajstić information content (AvgIpc) is 2.81. The standard InChI is InChI=1S/C11H15BrN4O/c1-8(11(17)16-4-2-3-5-16)15-10-6-9(12)13-7-14-10/h6-8H,2-5H2,1H3,(H,13,14,15). The van der Waals surface area contributed by atoms with Crippen LogP contribution in [0.4, 0.5) is 5.82 Å². The maximum Gasteiger partial charge on any atom is 0.244 e. The molecule has 0 aliphatic carbocycles. The van der Waals surface area contributed by atoms with Crippen LogP contribution in [0.2, 0.25) is 0 Å².